The predicted molar refractivity (Wildman–Crippen MR) is 64.7 cm³/mol. The van der Waals surface area contributed by atoms with Gasteiger partial charge in [0.25, 0.3) is 0 Å². The normalized spacial score (nSPS) is 17.7. The molecule has 0 aromatic heterocycles. The minimum Gasteiger partial charge on any atom is -0.506 e. The predicted octanol–water partition coefficient (Wildman–Crippen LogP) is 2.17. The molecule has 5 heteroatoms. The van der Waals surface area contributed by atoms with Gasteiger partial charge in [-0.3, -0.25) is 4.79 Å². The van der Waals surface area contributed by atoms with Crippen LogP contribution < -0.4 is 5.32 Å². The number of amides is 1. The molecular formula is C13H16FNO3. The van der Waals surface area contributed by atoms with Gasteiger partial charge in [-0.1, -0.05) is 12.8 Å². The lowest BCUT2D eigenvalue weighted by atomic mass is 9.97. The van der Waals surface area contributed by atoms with Crippen LogP contribution in [0.4, 0.5) is 10.1 Å². The molecule has 0 heterocycles. The maximum atomic E-state index is 13.0. The van der Waals surface area contributed by atoms with Crippen LogP contribution in [-0.4, -0.2) is 21.7 Å². The maximum absolute atomic E-state index is 13.0. The molecule has 0 unspecified atom stereocenters. The summed E-state index contributed by atoms with van der Waals surface area (Å²) in [5.74, 6) is -1.15. The molecule has 1 aromatic rings. The highest BCUT2D eigenvalue weighted by molar-refractivity contribution is 5.92. The Morgan fingerprint density at radius 3 is 2.72 bits per heavy atom. The van der Waals surface area contributed by atoms with E-state index >= 15 is 0 Å². The van der Waals surface area contributed by atoms with Crippen molar-refractivity contribution in [2.45, 2.75) is 37.7 Å². The Kier molecular flexibility index (Phi) is 3.52. The number of carbonyl (C=O) groups excluding carboxylic acids is 1. The van der Waals surface area contributed by atoms with E-state index in [1.54, 1.807) is 0 Å². The number of phenols is 1. The zero-order chi connectivity index (χ0) is 13.2. The van der Waals surface area contributed by atoms with Crippen LogP contribution in [-0.2, 0) is 4.79 Å². The molecule has 1 aromatic carbocycles. The number of nitrogens with one attached hydrogen (secondary N) is 1. The van der Waals surface area contributed by atoms with Gasteiger partial charge in [-0.15, -0.1) is 0 Å². The van der Waals surface area contributed by atoms with Gasteiger partial charge < -0.3 is 15.5 Å². The van der Waals surface area contributed by atoms with Gasteiger partial charge in [0.05, 0.1) is 17.7 Å². The first-order valence-electron chi connectivity index (χ1n) is 5.99. The summed E-state index contributed by atoms with van der Waals surface area (Å²) in [4.78, 5) is 11.7. The third-order valence-corrected chi connectivity index (χ3v) is 3.26. The van der Waals surface area contributed by atoms with Crippen molar-refractivity contribution in [3.8, 4) is 5.75 Å². The fourth-order valence-corrected chi connectivity index (χ4v) is 2.31. The molecule has 0 spiro atoms. The Morgan fingerprint density at radius 2 is 2.06 bits per heavy atom. The summed E-state index contributed by atoms with van der Waals surface area (Å²) in [6.45, 7) is 0. The SMILES string of the molecule is O=C(CC1(O)CCCC1)Nc1cc(F)ccc1O. The molecule has 0 atom stereocenters. The Morgan fingerprint density at radius 1 is 1.39 bits per heavy atom. The molecular weight excluding hydrogens is 237 g/mol. The summed E-state index contributed by atoms with van der Waals surface area (Å²) in [5, 5.41) is 21.9. The smallest absolute Gasteiger partial charge is 0.227 e. The minimum absolute atomic E-state index is 0.0248. The van der Waals surface area contributed by atoms with Crippen LogP contribution in [0.5, 0.6) is 5.75 Å². The molecule has 1 saturated carbocycles. The van der Waals surface area contributed by atoms with Crippen molar-refractivity contribution in [2.75, 3.05) is 5.32 Å². The van der Waals surface area contributed by atoms with E-state index in [9.17, 15) is 19.4 Å². The summed E-state index contributed by atoms with van der Waals surface area (Å²) in [6, 6.07) is 3.33. The van der Waals surface area contributed by atoms with Gasteiger partial charge >= 0.3 is 0 Å². The Labute approximate surface area is 104 Å². The number of aliphatic hydroxyl groups is 1. The van der Waals surface area contributed by atoms with Crippen molar-refractivity contribution < 1.29 is 19.4 Å². The van der Waals surface area contributed by atoms with Gasteiger partial charge in [0.2, 0.25) is 5.91 Å². The largest absolute Gasteiger partial charge is 0.506 e. The molecule has 98 valence electrons. The number of aromatic hydroxyl groups is 1. The number of anilines is 1. The van der Waals surface area contributed by atoms with E-state index in [4.69, 9.17) is 0 Å². The van der Waals surface area contributed by atoms with E-state index in [1.165, 1.54) is 6.07 Å². The van der Waals surface area contributed by atoms with E-state index < -0.39 is 17.3 Å². The number of phenolic OH excluding ortho intramolecular Hbond substituents is 1. The molecule has 4 nitrogen and oxygen atoms in total. The summed E-state index contributed by atoms with van der Waals surface area (Å²) >= 11 is 0. The lowest BCUT2D eigenvalue weighted by Gasteiger charge is -2.21. The van der Waals surface area contributed by atoms with Crippen LogP contribution in [0.2, 0.25) is 0 Å². The van der Waals surface area contributed by atoms with Gasteiger partial charge in [-0.25, -0.2) is 4.39 Å². The molecule has 1 aliphatic rings. The van der Waals surface area contributed by atoms with Crippen LogP contribution in [0.25, 0.3) is 0 Å². The fraction of sp³-hybridized carbons (Fsp3) is 0.462. The van der Waals surface area contributed by atoms with E-state index in [-0.39, 0.29) is 17.9 Å². The van der Waals surface area contributed by atoms with Crippen LogP contribution in [0.1, 0.15) is 32.1 Å². The molecule has 0 radical (unpaired) electrons. The third-order valence-electron chi connectivity index (χ3n) is 3.26. The van der Waals surface area contributed by atoms with Crippen molar-refractivity contribution in [1.82, 2.24) is 0 Å². The van der Waals surface area contributed by atoms with E-state index in [0.29, 0.717) is 12.8 Å². The monoisotopic (exact) mass is 253 g/mol. The summed E-state index contributed by atoms with van der Waals surface area (Å²) in [6.07, 6.45) is 3.01. The molecule has 0 bridgehead atoms. The Bertz CT molecular complexity index is 456. The zero-order valence-electron chi connectivity index (χ0n) is 9.95. The van der Waals surface area contributed by atoms with Gasteiger partial charge in [0.15, 0.2) is 0 Å². The quantitative estimate of drug-likeness (QED) is 0.723. The lowest BCUT2D eigenvalue weighted by molar-refractivity contribution is -0.120. The Hall–Kier alpha value is -1.62. The van der Waals surface area contributed by atoms with Crippen molar-refractivity contribution in [3.05, 3.63) is 24.0 Å². The average molecular weight is 253 g/mol. The Balaban J connectivity index is 2.00. The van der Waals surface area contributed by atoms with E-state index in [1.807, 2.05) is 0 Å². The van der Waals surface area contributed by atoms with Crippen molar-refractivity contribution in [1.29, 1.82) is 0 Å². The van der Waals surface area contributed by atoms with Gasteiger partial charge in [0.1, 0.15) is 11.6 Å². The summed E-state index contributed by atoms with van der Waals surface area (Å²) in [7, 11) is 0. The molecule has 1 aliphatic carbocycles. The van der Waals surface area contributed by atoms with E-state index in [2.05, 4.69) is 5.32 Å². The number of halogens is 1. The summed E-state index contributed by atoms with van der Waals surface area (Å²) in [5.41, 5.74) is -0.922. The number of rotatable bonds is 3. The number of hydrogen-bond acceptors (Lipinski definition) is 3. The number of benzene rings is 1. The van der Waals surface area contributed by atoms with Crippen molar-refractivity contribution in [2.24, 2.45) is 0 Å². The second-order valence-electron chi connectivity index (χ2n) is 4.82. The molecule has 2 rings (SSSR count). The highest BCUT2D eigenvalue weighted by Gasteiger charge is 2.33. The lowest BCUT2D eigenvalue weighted by Crippen LogP contribution is -2.30. The average Bonchev–Trinajstić information content (AvgIpc) is 2.70. The maximum Gasteiger partial charge on any atom is 0.227 e. The second kappa shape index (κ2) is 4.94. The zero-order valence-corrected chi connectivity index (χ0v) is 9.95. The molecule has 1 amide bonds. The first-order valence-corrected chi connectivity index (χ1v) is 5.99. The van der Waals surface area contributed by atoms with Crippen molar-refractivity contribution >= 4 is 11.6 Å². The topological polar surface area (TPSA) is 69.6 Å². The molecule has 0 saturated heterocycles. The van der Waals surface area contributed by atoms with Crippen LogP contribution in [0.3, 0.4) is 0 Å². The third kappa shape index (κ3) is 2.98. The number of hydrogen-bond donors (Lipinski definition) is 3. The van der Waals surface area contributed by atoms with Gasteiger partial charge in [0, 0.05) is 6.07 Å². The first kappa shape index (κ1) is 12.8. The second-order valence-corrected chi connectivity index (χ2v) is 4.82. The van der Waals surface area contributed by atoms with Crippen LogP contribution >= 0.6 is 0 Å². The highest BCUT2D eigenvalue weighted by atomic mass is 19.1. The molecule has 18 heavy (non-hydrogen) atoms. The summed E-state index contributed by atoms with van der Waals surface area (Å²) < 4.78 is 13.0. The molecule has 1 fully saturated rings. The first-order chi connectivity index (χ1) is 8.48. The van der Waals surface area contributed by atoms with Crippen molar-refractivity contribution in [3.63, 3.8) is 0 Å². The van der Waals surface area contributed by atoms with Crippen LogP contribution in [0, 0.1) is 5.82 Å². The van der Waals surface area contributed by atoms with E-state index in [0.717, 1.165) is 25.0 Å². The molecule has 3 N–H and O–H groups in total. The highest BCUT2D eigenvalue weighted by Crippen LogP contribution is 2.33. The minimum atomic E-state index is -0.951. The standard InChI is InChI=1S/C13H16FNO3/c14-9-3-4-11(16)10(7-9)15-12(17)8-13(18)5-1-2-6-13/h3-4,7,16,18H,1-2,5-6,8H2,(H,15,17). The van der Waals surface area contributed by atoms with Gasteiger partial charge in [-0.05, 0) is 25.0 Å². The van der Waals surface area contributed by atoms with Gasteiger partial charge in [-0.2, -0.15) is 0 Å². The van der Waals surface area contributed by atoms with Crippen LogP contribution in [0.15, 0.2) is 18.2 Å². The molecule has 0 aliphatic heterocycles. The number of carbonyl (C=O) groups is 1. The fourth-order valence-electron chi connectivity index (χ4n) is 2.31.